The maximum absolute atomic E-state index is 3.78. The summed E-state index contributed by atoms with van der Waals surface area (Å²) < 4.78 is 0. The van der Waals surface area contributed by atoms with Crippen molar-refractivity contribution in [3.05, 3.63) is 35.0 Å². The molecule has 0 saturated carbocycles. The van der Waals surface area contributed by atoms with Crippen LogP contribution in [0.25, 0.3) is 0 Å². The van der Waals surface area contributed by atoms with Crippen molar-refractivity contribution in [2.24, 2.45) is 0 Å². The van der Waals surface area contributed by atoms with Gasteiger partial charge in [0.25, 0.3) is 0 Å². The number of thiophene rings is 1. The Morgan fingerprint density at radius 3 is 2.94 bits per heavy atom. The zero-order chi connectivity index (χ0) is 11.8. The number of rotatable bonds is 8. The van der Waals surface area contributed by atoms with E-state index in [1.54, 1.807) is 0 Å². The monoisotopic (exact) mass is 237 g/mol. The second kappa shape index (κ2) is 7.64. The van der Waals surface area contributed by atoms with Crippen molar-refractivity contribution >= 4 is 11.3 Å². The number of hydrogen-bond donors (Lipinski definition) is 1. The molecule has 90 valence electrons. The Morgan fingerprint density at radius 2 is 2.38 bits per heavy atom. The molecule has 0 spiro atoms. The summed E-state index contributed by atoms with van der Waals surface area (Å²) in [7, 11) is 0. The third-order valence-corrected chi connectivity index (χ3v) is 4.06. The lowest BCUT2D eigenvalue weighted by atomic mass is 10.1. The molecular weight excluding hydrogens is 214 g/mol. The minimum atomic E-state index is 0.623. The number of hydrogen-bond acceptors (Lipinski definition) is 2. The van der Waals surface area contributed by atoms with E-state index in [2.05, 4.69) is 43.3 Å². The third kappa shape index (κ3) is 4.50. The van der Waals surface area contributed by atoms with E-state index in [9.17, 15) is 0 Å². The van der Waals surface area contributed by atoms with Gasteiger partial charge < -0.3 is 5.32 Å². The van der Waals surface area contributed by atoms with Gasteiger partial charge in [-0.2, -0.15) is 0 Å². The molecule has 2 atom stereocenters. The fourth-order valence-electron chi connectivity index (χ4n) is 1.79. The van der Waals surface area contributed by atoms with E-state index in [1.165, 1.54) is 17.7 Å². The molecule has 0 aliphatic carbocycles. The lowest BCUT2D eigenvalue weighted by Crippen LogP contribution is -2.31. The normalized spacial score (nSPS) is 14.6. The molecule has 16 heavy (non-hydrogen) atoms. The average molecular weight is 237 g/mol. The number of nitrogens with one attached hydrogen (secondary N) is 1. The summed E-state index contributed by atoms with van der Waals surface area (Å²) in [6.45, 7) is 9.39. The van der Waals surface area contributed by atoms with E-state index in [4.69, 9.17) is 0 Å². The molecule has 0 saturated heterocycles. The van der Waals surface area contributed by atoms with Gasteiger partial charge in [0, 0.05) is 23.4 Å². The molecule has 0 radical (unpaired) electrons. The molecular formula is C14H23NS. The lowest BCUT2D eigenvalue weighted by Gasteiger charge is -2.19. The van der Waals surface area contributed by atoms with Crippen LogP contribution in [0.3, 0.4) is 0 Å². The molecule has 0 aliphatic heterocycles. The van der Waals surface area contributed by atoms with Crippen LogP contribution < -0.4 is 5.32 Å². The molecule has 2 unspecified atom stereocenters. The van der Waals surface area contributed by atoms with Crippen LogP contribution >= 0.6 is 11.3 Å². The van der Waals surface area contributed by atoms with Crippen molar-refractivity contribution in [2.45, 2.75) is 45.1 Å². The summed E-state index contributed by atoms with van der Waals surface area (Å²) in [5, 5.41) is 5.80. The zero-order valence-electron chi connectivity index (χ0n) is 10.4. The Labute approximate surface area is 104 Å². The van der Waals surface area contributed by atoms with E-state index in [1.807, 2.05) is 17.4 Å². The molecule has 1 nitrogen and oxygen atoms in total. The maximum Gasteiger partial charge on any atom is 0.00860 e. The maximum atomic E-state index is 3.78. The Bertz CT molecular complexity index is 279. The first-order valence-electron chi connectivity index (χ1n) is 6.15. The van der Waals surface area contributed by atoms with Crippen LogP contribution in [-0.4, -0.2) is 12.6 Å². The van der Waals surface area contributed by atoms with Crippen LogP contribution in [0.5, 0.6) is 0 Å². The van der Waals surface area contributed by atoms with E-state index in [0.717, 1.165) is 13.0 Å². The fourth-order valence-corrected chi connectivity index (χ4v) is 2.57. The smallest absolute Gasteiger partial charge is 0.00860 e. The van der Waals surface area contributed by atoms with Crippen molar-refractivity contribution in [1.82, 2.24) is 5.32 Å². The van der Waals surface area contributed by atoms with Gasteiger partial charge >= 0.3 is 0 Å². The van der Waals surface area contributed by atoms with Crippen molar-refractivity contribution < 1.29 is 0 Å². The summed E-state index contributed by atoms with van der Waals surface area (Å²) >= 11 is 1.85. The summed E-state index contributed by atoms with van der Waals surface area (Å²) in [5.74, 6) is 0.623. The largest absolute Gasteiger partial charge is 0.313 e. The highest BCUT2D eigenvalue weighted by Crippen LogP contribution is 2.20. The van der Waals surface area contributed by atoms with E-state index < -0.39 is 0 Å². The highest BCUT2D eigenvalue weighted by atomic mass is 32.1. The van der Waals surface area contributed by atoms with Crippen LogP contribution in [0.15, 0.2) is 30.2 Å². The highest BCUT2D eigenvalue weighted by molar-refractivity contribution is 7.10. The average Bonchev–Trinajstić information content (AvgIpc) is 2.82. The second-order valence-corrected chi connectivity index (χ2v) is 5.28. The van der Waals surface area contributed by atoms with Gasteiger partial charge in [0.15, 0.2) is 0 Å². The molecule has 0 bridgehead atoms. The van der Waals surface area contributed by atoms with Gasteiger partial charge in [0.1, 0.15) is 0 Å². The zero-order valence-corrected chi connectivity index (χ0v) is 11.2. The van der Waals surface area contributed by atoms with Gasteiger partial charge in [0.2, 0.25) is 0 Å². The molecule has 0 fully saturated rings. The Hall–Kier alpha value is -0.600. The van der Waals surface area contributed by atoms with E-state index >= 15 is 0 Å². The summed E-state index contributed by atoms with van der Waals surface area (Å²) in [4.78, 5) is 1.48. The molecule has 1 heterocycles. The van der Waals surface area contributed by atoms with E-state index in [-0.39, 0.29) is 0 Å². The summed E-state index contributed by atoms with van der Waals surface area (Å²) in [6.07, 6.45) is 5.52. The molecule has 1 aromatic rings. The van der Waals surface area contributed by atoms with Gasteiger partial charge in [-0.05, 0) is 30.7 Å². The van der Waals surface area contributed by atoms with Gasteiger partial charge in [-0.25, -0.2) is 0 Å². The Morgan fingerprint density at radius 1 is 1.56 bits per heavy atom. The molecule has 1 aromatic heterocycles. The lowest BCUT2D eigenvalue weighted by molar-refractivity contribution is 0.457. The predicted octanol–water partition coefficient (Wildman–Crippen LogP) is 4.19. The minimum Gasteiger partial charge on any atom is -0.313 e. The van der Waals surface area contributed by atoms with Gasteiger partial charge in [-0.15, -0.1) is 17.9 Å². The third-order valence-electron chi connectivity index (χ3n) is 2.95. The Balaban J connectivity index is 2.29. The van der Waals surface area contributed by atoms with Crippen molar-refractivity contribution in [2.75, 3.05) is 6.54 Å². The van der Waals surface area contributed by atoms with Crippen molar-refractivity contribution in [3.63, 3.8) is 0 Å². The topological polar surface area (TPSA) is 12.0 Å². The molecule has 1 rings (SSSR count). The molecule has 0 aliphatic rings. The standard InChI is InChI=1S/C14H23NS/c1-4-6-8-13(5-2)15-11-12(3)14-9-7-10-16-14/h4,7,9-10,12-13,15H,1,5-6,8,11H2,2-3H3. The molecule has 0 aromatic carbocycles. The quantitative estimate of drug-likeness (QED) is 0.669. The highest BCUT2D eigenvalue weighted by Gasteiger charge is 2.09. The minimum absolute atomic E-state index is 0.623. The SMILES string of the molecule is C=CCCC(CC)NCC(C)c1cccs1. The molecule has 1 N–H and O–H groups in total. The van der Waals surface area contributed by atoms with E-state index in [0.29, 0.717) is 12.0 Å². The number of allylic oxidation sites excluding steroid dienone is 1. The van der Waals surface area contributed by atoms with Crippen molar-refractivity contribution in [3.8, 4) is 0 Å². The van der Waals surface area contributed by atoms with Crippen LogP contribution in [-0.2, 0) is 0 Å². The van der Waals surface area contributed by atoms with Crippen LogP contribution in [0.4, 0.5) is 0 Å². The fraction of sp³-hybridized carbons (Fsp3) is 0.571. The molecule has 0 amide bonds. The van der Waals surface area contributed by atoms with Gasteiger partial charge in [-0.3, -0.25) is 0 Å². The molecule has 2 heteroatoms. The first-order valence-corrected chi connectivity index (χ1v) is 7.03. The van der Waals surface area contributed by atoms with Crippen LogP contribution in [0, 0.1) is 0 Å². The van der Waals surface area contributed by atoms with Crippen molar-refractivity contribution in [1.29, 1.82) is 0 Å². The summed E-state index contributed by atoms with van der Waals surface area (Å²) in [5.41, 5.74) is 0. The van der Waals surface area contributed by atoms with Gasteiger partial charge in [0.05, 0.1) is 0 Å². The van der Waals surface area contributed by atoms with Gasteiger partial charge in [-0.1, -0.05) is 26.0 Å². The van der Waals surface area contributed by atoms with Crippen LogP contribution in [0.1, 0.15) is 43.9 Å². The predicted molar refractivity (Wildman–Crippen MR) is 74.2 cm³/mol. The first-order chi connectivity index (χ1) is 7.77. The summed E-state index contributed by atoms with van der Waals surface area (Å²) in [6, 6.07) is 4.99. The first kappa shape index (κ1) is 13.5. The van der Waals surface area contributed by atoms with Crippen LogP contribution in [0.2, 0.25) is 0 Å². The Kier molecular flexibility index (Phi) is 6.43. The second-order valence-electron chi connectivity index (χ2n) is 4.30.